The number of carbonyl (C=O) groups excluding carboxylic acids is 2. The Labute approximate surface area is 168 Å². The van der Waals surface area contributed by atoms with Crippen LogP contribution >= 0.6 is 12.4 Å². The molecule has 0 bridgehead atoms. The molecular formula is C19H34ClN3O4. The zero-order chi connectivity index (χ0) is 19.0. The number of amides is 2. The second-order valence-corrected chi connectivity index (χ2v) is 9.14. The minimum atomic E-state index is -0.632. The van der Waals surface area contributed by atoms with Crippen LogP contribution in [-0.2, 0) is 19.1 Å². The molecule has 0 aromatic carbocycles. The highest BCUT2D eigenvalue weighted by atomic mass is 35.5. The standard InChI is InChI=1S/C19H33N3O4.ClH/c1-17(2)13-21(7-9-25-17)15(23)11-19(5-6-20-12-19)16(24)22-8-10-26-18(3,4)14-22;/h20H,5-14H2,1-4H3;1H. The van der Waals surface area contributed by atoms with Gasteiger partial charge in [-0.1, -0.05) is 0 Å². The second-order valence-electron chi connectivity index (χ2n) is 9.14. The fraction of sp³-hybridized carbons (Fsp3) is 0.895. The molecule has 3 heterocycles. The summed E-state index contributed by atoms with van der Waals surface area (Å²) in [6.07, 6.45) is 0.982. The van der Waals surface area contributed by atoms with E-state index in [1.165, 1.54) is 0 Å². The van der Waals surface area contributed by atoms with Gasteiger partial charge in [0.05, 0.1) is 29.8 Å². The van der Waals surface area contributed by atoms with Crippen molar-refractivity contribution in [2.75, 3.05) is 52.5 Å². The summed E-state index contributed by atoms with van der Waals surface area (Å²) >= 11 is 0. The second kappa shape index (κ2) is 8.23. The summed E-state index contributed by atoms with van der Waals surface area (Å²) in [7, 11) is 0. The highest BCUT2D eigenvalue weighted by Crippen LogP contribution is 2.35. The van der Waals surface area contributed by atoms with E-state index in [-0.39, 0.29) is 41.8 Å². The van der Waals surface area contributed by atoms with E-state index in [2.05, 4.69) is 5.32 Å². The summed E-state index contributed by atoms with van der Waals surface area (Å²) in [6, 6.07) is 0. The number of ether oxygens (including phenoxy) is 2. The number of morpholine rings is 2. The number of carbonyl (C=O) groups is 2. The molecule has 1 atom stereocenters. The lowest BCUT2D eigenvalue weighted by atomic mass is 9.80. The first-order chi connectivity index (χ1) is 12.1. The zero-order valence-corrected chi connectivity index (χ0v) is 17.8. The monoisotopic (exact) mass is 403 g/mol. The zero-order valence-electron chi connectivity index (χ0n) is 17.0. The Bertz CT molecular complexity index is 561. The number of nitrogens with one attached hydrogen (secondary N) is 1. The summed E-state index contributed by atoms with van der Waals surface area (Å²) in [5.41, 5.74) is -1.29. The Balaban J connectivity index is 0.00000261. The summed E-state index contributed by atoms with van der Waals surface area (Å²) in [4.78, 5) is 30.2. The molecule has 0 spiro atoms. The van der Waals surface area contributed by atoms with E-state index in [9.17, 15) is 9.59 Å². The third-order valence-corrected chi connectivity index (χ3v) is 5.68. The van der Waals surface area contributed by atoms with Crippen molar-refractivity contribution in [2.45, 2.75) is 51.7 Å². The predicted molar refractivity (Wildman–Crippen MR) is 105 cm³/mol. The lowest BCUT2D eigenvalue weighted by Crippen LogP contribution is -2.57. The first-order valence-corrected chi connectivity index (χ1v) is 9.68. The molecular weight excluding hydrogens is 370 g/mol. The molecule has 0 saturated carbocycles. The average Bonchev–Trinajstić information content (AvgIpc) is 3.02. The van der Waals surface area contributed by atoms with Crippen molar-refractivity contribution in [3.63, 3.8) is 0 Å². The van der Waals surface area contributed by atoms with Crippen LogP contribution in [0.3, 0.4) is 0 Å². The molecule has 156 valence electrons. The van der Waals surface area contributed by atoms with Crippen molar-refractivity contribution in [3.8, 4) is 0 Å². The van der Waals surface area contributed by atoms with Crippen LogP contribution in [0.5, 0.6) is 0 Å². The maximum atomic E-state index is 13.4. The topological polar surface area (TPSA) is 71.1 Å². The first kappa shape index (κ1) is 22.4. The SMILES string of the molecule is CC1(C)CN(C(=O)CC2(C(=O)N3CCOC(C)(C)C3)CCNC2)CCO1.Cl. The van der Waals surface area contributed by atoms with Crippen molar-refractivity contribution in [2.24, 2.45) is 5.41 Å². The van der Waals surface area contributed by atoms with Gasteiger partial charge in [0.15, 0.2) is 0 Å². The Morgan fingerprint density at radius 1 is 0.963 bits per heavy atom. The molecule has 3 fully saturated rings. The van der Waals surface area contributed by atoms with Crippen LogP contribution in [0.1, 0.15) is 40.5 Å². The highest BCUT2D eigenvalue weighted by molar-refractivity contribution is 5.90. The van der Waals surface area contributed by atoms with Gasteiger partial charge in [0.1, 0.15) is 0 Å². The summed E-state index contributed by atoms with van der Waals surface area (Å²) in [5.74, 6) is 0.158. The Kier molecular flexibility index (Phi) is 6.83. The van der Waals surface area contributed by atoms with Crippen molar-refractivity contribution in [1.82, 2.24) is 15.1 Å². The van der Waals surface area contributed by atoms with E-state index in [1.54, 1.807) is 0 Å². The smallest absolute Gasteiger partial charge is 0.230 e. The molecule has 1 unspecified atom stereocenters. The first-order valence-electron chi connectivity index (χ1n) is 9.68. The summed E-state index contributed by atoms with van der Waals surface area (Å²) < 4.78 is 11.5. The third kappa shape index (κ3) is 5.13. The quantitative estimate of drug-likeness (QED) is 0.762. The molecule has 0 aliphatic carbocycles. The van der Waals surface area contributed by atoms with Crippen molar-refractivity contribution < 1.29 is 19.1 Å². The fourth-order valence-corrected chi connectivity index (χ4v) is 4.31. The van der Waals surface area contributed by atoms with Gasteiger partial charge < -0.3 is 24.6 Å². The average molecular weight is 404 g/mol. The number of hydrogen-bond donors (Lipinski definition) is 1. The largest absolute Gasteiger partial charge is 0.372 e. The van der Waals surface area contributed by atoms with Gasteiger partial charge in [-0.3, -0.25) is 9.59 Å². The van der Waals surface area contributed by atoms with Crippen LogP contribution in [0.2, 0.25) is 0 Å². The Morgan fingerprint density at radius 2 is 1.52 bits per heavy atom. The van der Waals surface area contributed by atoms with Crippen LogP contribution in [0.15, 0.2) is 0 Å². The maximum absolute atomic E-state index is 13.4. The molecule has 3 aliphatic rings. The van der Waals surface area contributed by atoms with Gasteiger partial charge in [-0.25, -0.2) is 0 Å². The summed E-state index contributed by atoms with van der Waals surface area (Å²) in [5, 5.41) is 3.30. The number of nitrogens with zero attached hydrogens (tertiary/aromatic N) is 2. The number of hydrogen-bond acceptors (Lipinski definition) is 5. The van der Waals surface area contributed by atoms with E-state index in [1.807, 2.05) is 37.5 Å². The molecule has 0 aromatic heterocycles. The predicted octanol–water partition coefficient (Wildman–Crippen LogP) is 1.05. The van der Waals surface area contributed by atoms with Gasteiger partial charge in [-0.2, -0.15) is 0 Å². The number of rotatable bonds is 3. The van der Waals surface area contributed by atoms with Crippen molar-refractivity contribution >= 4 is 24.2 Å². The molecule has 0 aromatic rings. The van der Waals surface area contributed by atoms with Gasteiger partial charge in [0.25, 0.3) is 0 Å². The molecule has 3 aliphatic heterocycles. The van der Waals surface area contributed by atoms with Crippen molar-refractivity contribution in [1.29, 1.82) is 0 Å². The van der Waals surface area contributed by atoms with E-state index >= 15 is 0 Å². The molecule has 7 nitrogen and oxygen atoms in total. The summed E-state index contributed by atoms with van der Waals surface area (Å²) in [6.45, 7) is 12.8. The van der Waals surface area contributed by atoms with Crippen LogP contribution in [0.25, 0.3) is 0 Å². The molecule has 1 N–H and O–H groups in total. The highest BCUT2D eigenvalue weighted by Gasteiger charge is 2.48. The number of halogens is 1. The van der Waals surface area contributed by atoms with Crippen LogP contribution in [0.4, 0.5) is 0 Å². The van der Waals surface area contributed by atoms with Gasteiger partial charge in [-0.15, -0.1) is 12.4 Å². The molecule has 0 radical (unpaired) electrons. The van der Waals surface area contributed by atoms with Crippen LogP contribution in [0, 0.1) is 5.41 Å². The minimum Gasteiger partial charge on any atom is -0.372 e. The fourth-order valence-electron chi connectivity index (χ4n) is 4.31. The Hall–Kier alpha value is -0.890. The molecule has 3 saturated heterocycles. The molecule has 3 rings (SSSR count). The van der Waals surface area contributed by atoms with E-state index in [0.717, 1.165) is 6.54 Å². The van der Waals surface area contributed by atoms with Gasteiger partial charge in [-0.05, 0) is 40.7 Å². The van der Waals surface area contributed by atoms with E-state index < -0.39 is 5.41 Å². The van der Waals surface area contributed by atoms with Crippen LogP contribution in [-0.4, -0.2) is 85.3 Å². The van der Waals surface area contributed by atoms with Crippen molar-refractivity contribution in [3.05, 3.63) is 0 Å². The van der Waals surface area contributed by atoms with E-state index in [0.29, 0.717) is 52.4 Å². The van der Waals surface area contributed by atoms with E-state index in [4.69, 9.17) is 9.47 Å². The minimum absolute atomic E-state index is 0. The molecule has 8 heteroatoms. The molecule has 27 heavy (non-hydrogen) atoms. The lowest BCUT2D eigenvalue weighted by Gasteiger charge is -2.43. The van der Waals surface area contributed by atoms with Gasteiger partial charge in [0.2, 0.25) is 11.8 Å². The molecule has 2 amide bonds. The third-order valence-electron chi connectivity index (χ3n) is 5.68. The van der Waals surface area contributed by atoms with Gasteiger partial charge >= 0.3 is 0 Å². The lowest BCUT2D eigenvalue weighted by molar-refractivity contribution is -0.161. The normalized spacial score (nSPS) is 29.9. The van der Waals surface area contributed by atoms with Crippen LogP contribution < -0.4 is 5.32 Å². The Morgan fingerprint density at radius 3 is 2.04 bits per heavy atom. The maximum Gasteiger partial charge on any atom is 0.230 e. The van der Waals surface area contributed by atoms with Gasteiger partial charge in [0, 0.05) is 39.1 Å².